The third-order valence-electron chi connectivity index (χ3n) is 5.34. The lowest BCUT2D eigenvalue weighted by molar-refractivity contribution is 0.472. The van der Waals surface area contributed by atoms with E-state index in [1.165, 1.54) is 22.3 Å². The van der Waals surface area contributed by atoms with Gasteiger partial charge in [-0.05, 0) is 51.6 Å². The van der Waals surface area contributed by atoms with Crippen LogP contribution in [0.2, 0.25) is 5.02 Å². The van der Waals surface area contributed by atoms with Crippen LogP contribution in [0.25, 0.3) is 11.1 Å². The Bertz CT molecular complexity index is 1160. The zero-order valence-electron chi connectivity index (χ0n) is 15.4. The second-order valence-electron chi connectivity index (χ2n) is 7.09. The highest BCUT2D eigenvalue weighted by molar-refractivity contribution is 6.31. The fraction of sp³-hybridized carbons (Fsp3) is 0.0769. The Morgan fingerprint density at radius 2 is 1.11 bits per heavy atom. The van der Waals surface area contributed by atoms with Gasteiger partial charge in [-0.2, -0.15) is 0 Å². The van der Waals surface area contributed by atoms with Crippen LogP contribution < -0.4 is 4.74 Å². The lowest BCUT2D eigenvalue weighted by Crippen LogP contribution is -1.97. The van der Waals surface area contributed by atoms with Crippen molar-refractivity contribution >= 4 is 11.6 Å². The molecule has 0 radical (unpaired) electrons. The Hall–Kier alpha value is -3.03. The predicted molar refractivity (Wildman–Crippen MR) is 115 cm³/mol. The predicted octanol–water partition coefficient (Wildman–Crippen LogP) is 7.29. The molecule has 0 spiro atoms. The molecule has 0 saturated carbocycles. The van der Waals surface area contributed by atoms with Crippen molar-refractivity contribution < 1.29 is 4.74 Å². The smallest absolute Gasteiger partial charge is 0.130 e. The Labute approximate surface area is 170 Å². The first-order valence-electron chi connectivity index (χ1n) is 9.49. The molecule has 0 bridgehead atoms. The molecular weight excluding hydrogens is 364 g/mol. The van der Waals surface area contributed by atoms with Crippen LogP contribution in [-0.2, 0) is 12.8 Å². The summed E-state index contributed by atoms with van der Waals surface area (Å²) in [5.41, 5.74) is 7.14. The fourth-order valence-corrected chi connectivity index (χ4v) is 4.18. The Morgan fingerprint density at radius 1 is 0.536 bits per heavy atom. The second kappa shape index (κ2) is 7.18. The van der Waals surface area contributed by atoms with E-state index in [9.17, 15) is 0 Å². The monoisotopic (exact) mass is 382 g/mol. The van der Waals surface area contributed by atoms with Gasteiger partial charge in [-0.25, -0.2) is 0 Å². The number of hydrogen-bond acceptors (Lipinski definition) is 1. The molecular formula is C26H19ClO. The zero-order valence-corrected chi connectivity index (χ0v) is 16.1. The summed E-state index contributed by atoms with van der Waals surface area (Å²) in [6.07, 6.45) is 1.53. The molecule has 5 rings (SSSR count). The van der Waals surface area contributed by atoms with E-state index in [1.807, 2.05) is 36.4 Å². The van der Waals surface area contributed by atoms with E-state index >= 15 is 0 Å². The van der Waals surface area contributed by atoms with Gasteiger partial charge in [0, 0.05) is 17.9 Å². The van der Waals surface area contributed by atoms with Crippen molar-refractivity contribution in [3.63, 3.8) is 0 Å². The van der Waals surface area contributed by atoms with E-state index in [4.69, 9.17) is 16.3 Å². The maximum absolute atomic E-state index is 6.68. The molecule has 2 heteroatoms. The molecule has 0 aliphatic carbocycles. The lowest BCUT2D eigenvalue weighted by Gasteiger charge is -2.15. The molecule has 0 saturated heterocycles. The van der Waals surface area contributed by atoms with E-state index in [0.717, 1.165) is 40.5 Å². The van der Waals surface area contributed by atoms with Gasteiger partial charge in [-0.1, -0.05) is 84.4 Å². The number of benzene rings is 4. The Balaban J connectivity index is 1.81. The highest BCUT2D eigenvalue weighted by Gasteiger charge is 2.18. The van der Waals surface area contributed by atoms with Crippen molar-refractivity contribution in [3.8, 4) is 22.6 Å². The quantitative estimate of drug-likeness (QED) is 0.273. The van der Waals surface area contributed by atoms with Crippen LogP contribution in [0.4, 0.5) is 0 Å². The average Bonchev–Trinajstić information content (AvgIpc) is 2.74. The Morgan fingerprint density at radius 3 is 1.86 bits per heavy atom. The lowest BCUT2D eigenvalue weighted by atomic mass is 9.90. The van der Waals surface area contributed by atoms with E-state index in [-0.39, 0.29) is 0 Å². The Kier molecular flexibility index (Phi) is 4.38. The van der Waals surface area contributed by atoms with E-state index in [1.54, 1.807) is 0 Å². The summed E-state index contributed by atoms with van der Waals surface area (Å²) in [5.74, 6) is 1.79. The molecule has 0 fully saturated rings. The van der Waals surface area contributed by atoms with Gasteiger partial charge < -0.3 is 4.74 Å². The average molecular weight is 383 g/mol. The summed E-state index contributed by atoms with van der Waals surface area (Å²) in [5, 5.41) is 0.791. The van der Waals surface area contributed by atoms with Gasteiger partial charge in [0.2, 0.25) is 0 Å². The molecule has 0 N–H and O–H groups in total. The molecule has 4 aromatic rings. The highest BCUT2D eigenvalue weighted by atomic mass is 35.5. The van der Waals surface area contributed by atoms with Crippen LogP contribution in [0, 0.1) is 0 Å². The maximum atomic E-state index is 6.68. The van der Waals surface area contributed by atoms with Gasteiger partial charge in [0.25, 0.3) is 0 Å². The summed E-state index contributed by atoms with van der Waals surface area (Å²) < 4.78 is 6.40. The van der Waals surface area contributed by atoms with Crippen LogP contribution in [0.5, 0.6) is 11.5 Å². The maximum Gasteiger partial charge on any atom is 0.130 e. The number of rotatable bonds is 0. The number of para-hydroxylation sites is 2. The van der Waals surface area contributed by atoms with Crippen LogP contribution in [0.3, 0.4) is 0 Å². The molecule has 0 unspecified atom stereocenters. The van der Waals surface area contributed by atoms with Crippen molar-refractivity contribution in [1.82, 2.24) is 0 Å². The minimum Gasteiger partial charge on any atom is -0.457 e. The SMILES string of the molecule is Clc1cccc2c1Cc1ccccc1Oc1ccccc1Cc1ccccc1-2. The van der Waals surface area contributed by atoms with Crippen LogP contribution >= 0.6 is 11.6 Å². The molecule has 1 aliphatic heterocycles. The van der Waals surface area contributed by atoms with E-state index in [0.29, 0.717) is 0 Å². The molecule has 1 nitrogen and oxygen atoms in total. The first-order chi connectivity index (χ1) is 13.8. The van der Waals surface area contributed by atoms with Gasteiger partial charge >= 0.3 is 0 Å². The molecule has 0 atom stereocenters. The minimum absolute atomic E-state index is 0.724. The van der Waals surface area contributed by atoms with Crippen molar-refractivity contribution in [2.75, 3.05) is 0 Å². The number of hydrogen-bond donors (Lipinski definition) is 0. The van der Waals surface area contributed by atoms with E-state index < -0.39 is 0 Å². The van der Waals surface area contributed by atoms with Crippen LogP contribution in [0.15, 0.2) is 91.0 Å². The fourth-order valence-electron chi connectivity index (χ4n) is 3.94. The molecule has 136 valence electrons. The number of ether oxygens (including phenoxy) is 1. The van der Waals surface area contributed by atoms with Gasteiger partial charge in [-0.3, -0.25) is 0 Å². The van der Waals surface area contributed by atoms with Crippen molar-refractivity contribution in [2.45, 2.75) is 12.8 Å². The molecule has 1 aliphatic rings. The summed E-state index contributed by atoms with van der Waals surface area (Å²) in [7, 11) is 0. The highest BCUT2D eigenvalue weighted by Crippen LogP contribution is 2.38. The van der Waals surface area contributed by atoms with Crippen molar-refractivity contribution in [3.05, 3.63) is 118 Å². The van der Waals surface area contributed by atoms with Gasteiger partial charge in [0.1, 0.15) is 11.5 Å². The number of fused-ring (bicyclic) bond motifs is 5. The molecule has 4 aromatic carbocycles. The van der Waals surface area contributed by atoms with Crippen LogP contribution in [-0.4, -0.2) is 0 Å². The van der Waals surface area contributed by atoms with Crippen molar-refractivity contribution in [1.29, 1.82) is 0 Å². The summed E-state index contributed by atoms with van der Waals surface area (Å²) in [6, 6.07) is 31.3. The molecule has 1 heterocycles. The topological polar surface area (TPSA) is 9.23 Å². The largest absolute Gasteiger partial charge is 0.457 e. The van der Waals surface area contributed by atoms with E-state index in [2.05, 4.69) is 54.6 Å². The minimum atomic E-state index is 0.724. The zero-order chi connectivity index (χ0) is 18.9. The first-order valence-corrected chi connectivity index (χ1v) is 9.87. The molecule has 0 amide bonds. The molecule has 28 heavy (non-hydrogen) atoms. The molecule has 0 aromatic heterocycles. The summed E-state index contributed by atoms with van der Waals surface area (Å²) >= 11 is 6.68. The van der Waals surface area contributed by atoms with Crippen LogP contribution in [0.1, 0.15) is 22.3 Å². The standard InChI is InChI=1S/C26H19ClO/c27-24-13-7-12-22-21-11-4-1-8-18(21)16-19-9-2-5-14-25(19)28-26-15-6-3-10-20(26)17-23(22)24/h1-15H,16-17H2. The third-order valence-corrected chi connectivity index (χ3v) is 5.69. The van der Waals surface area contributed by atoms with Gasteiger partial charge in [-0.15, -0.1) is 0 Å². The normalized spacial score (nSPS) is 12.5. The number of halogens is 1. The summed E-state index contributed by atoms with van der Waals surface area (Å²) in [6.45, 7) is 0. The van der Waals surface area contributed by atoms with Gasteiger partial charge in [0.15, 0.2) is 0 Å². The first kappa shape index (κ1) is 17.1. The third kappa shape index (κ3) is 3.08. The second-order valence-corrected chi connectivity index (χ2v) is 7.50. The summed E-state index contributed by atoms with van der Waals surface area (Å²) in [4.78, 5) is 0. The van der Waals surface area contributed by atoms with Crippen molar-refractivity contribution in [2.24, 2.45) is 0 Å². The van der Waals surface area contributed by atoms with Gasteiger partial charge in [0.05, 0.1) is 0 Å².